The number of aromatic nitrogens is 3. The Bertz CT molecular complexity index is 1310. The SMILES string of the molecule is COc1ccc(-c2nc(CNC(=O)Cn3nc(-c4ccccc4OC)ccc3=O)cs2)cc1. The van der Waals surface area contributed by atoms with Gasteiger partial charge in [0, 0.05) is 22.6 Å². The number of carbonyl (C=O) groups excluding carboxylic acids is 1. The van der Waals surface area contributed by atoms with Crippen LogP contribution in [0, 0.1) is 0 Å². The molecular formula is C24H22N4O4S. The van der Waals surface area contributed by atoms with Crippen LogP contribution in [0.2, 0.25) is 0 Å². The number of hydrogen-bond donors (Lipinski definition) is 1. The second kappa shape index (κ2) is 10.1. The molecule has 1 amide bonds. The fraction of sp³-hybridized carbons (Fsp3) is 0.167. The first kappa shape index (κ1) is 22.2. The lowest BCUT2D eigenvalue weighted by Gasteiger charge is -2.10. The number of thiazole rings is 1. The van der Waals surface area contributed by atoms with Crippen molar-refractivity contribution in [1.82, 2.24) is 20.1 Å². The molecule has 0 bridgehead atoms. The highest BCUT2D eigenvalue weighted by atomic mass is 32.1. The number of ether oxygens (including phenoxy) is 2. The predicted molar refractivity (Wildman–Crippen MR) is 126 cm³/mol. The lowest BCUT2D eigenvalue weighted by Crippen LogP contribution is -2.33. The molecular weight excluding hydrogens is 440 g/mol. The van der Waals surface area contributed by atoms with Crippen LogP contribution in [-0.4, -0.2) is 34.9 Å². The van der Waals surface area contributed by atoms with Crippen LogP contribution in [0.3, 0.4) is 0 Å². The largest absolute Gasteiger partial charge is 0.497 e. The van der Waals surface area contributed by atoms with Gasteiger partial charge >= 0.3 is 0 Å². The van der Waals surface area contributed by atoms with Gasteiger partial charge in [-0.2, -0.15) is 5.10 Å². The van der Waals surface area contributed by atoms with Crippen LogP contribution in [0.25, 0.3) is 21.8 Å². The van der Waals surface area contributed by atoms with Crippen molar-refractivity contribution in [2.75, 3.05) is 14.2 Å². The zero-order valence-corrected chi connectivity index (χ0v) is 19.0. The van der Waals surface area contributed by atoms with Crippen molar-refractivity contribution in [2.45, 2.75) is 13.1 Å². The lowest BCUT2D eigenvalue weighted by molar-refractivity contribution is -0.122. The Morgan fingerprint density at radius 3 is 2.58 bits per heavy atom. The Hall–Kier alpha value is -3.98. The van der Waals surface area contributed by atoms with Crippen molar-refractivity contribution in [3.8, 4) is 33.3 Å². The fourth-order valence-electron chi connectivity index (χ4n) is 3.20. The summed E-state index contributed by atoms with van der Waals surface area (Å²) in [5.74, 6) is 1.08. The molecule has 0 radical (unpaired) electrons. The van der Waals surface area contributed by atoms with Crippen molar-refractivity contribution >= 4 is 17.2 Å². The zero-order valence-electron chi connectivity index (χ0n) is 18.1. The average Bonchev–Trinajstić information content (AvgIpc) is 3.33. The van der Waals surface area contributed by atoms with E-state index in [0.29, 0.717) is 11.4 Å². The van der Waals surface area contributed by atoms with Gasteiger partial charge in [0.05, 0.1) is 32.2 Å². The summed E-state index contributed by atoms with van der Waals surface area (Å²) in [7, 11) is 3.19. The maximum atomic E-state index is 12.5. The summed E-state index contributed by atoms with van der Waals surface area (Å²) in [5.41, 5.74) is 2.63. The first-order valence-electron chi connectivity index (χ1n) is 10.1. The third-order valence-electron chi connectivity index (χ3n) is 4.90. The van der Waals surface area contributed by atoms with Crippen LogP contribution in [0.1, 0.15) is 5.69 Å². The van der Waals surface area contributed by atoms with E-state index in [2.05, 4.69) is 15.4 Å². The number of methoxy groups -OCH3 is 2. The summed E-state index contributed by atoms with van der Waals surface area (Å²) in [6, 6.07) is 18.0. The minimum Gasteiger partial charge on any atom is -0.497 e. The van der Waals surface area contributed by atoms with E-state index in [9.17, 15) is 9.59 Å². The topological polar surface area (TPSA) is 95.3 Å². The van der Waals surface area contributed by atoms with Crippen molar-refractivity contribution < 1.29 is 14.3 Å². The molecule has 0 atom stereocenters. The second-order valence-corrected chi connectivity index (χ2v) is 7.92. The molecule has 0 saturated heterocycles. The van der Waals surface area contributed by atoms with Crippen molar-refractivity contribution in [3.63, 3.8) is 0 Å². The number of rotatable bonds is 8. The van der Waals surface area contributed by atoms with E-state index in [4.69, 9.17) is 9.47 Å². The highest BCUT2D eigenvalue weighted by Crippen LogP contribution is 2.27. The molecule has 0 aliphatic carbocycles. The van der Waals surface area contributed by atoms with Gasteiger partial charge in [0.15, 0.2) is 0 Å². The van der Waals surface area contributed by atoms with E-state index in [0.717, 1.165) is 32.3 Å². The monoisotopic (exact) mass is 462 g/mol. The number of nitrogens with one attached hydrogen (secondary N) is 1. The molecule has 0 unspecified atom stereocenters. The van der Waals surface area contributed by atoms with Gasteiger partial charge in [-0.25, -0.2) is 9.67 Å². The van der Waals surface area contributed by atoms with Gasteiger partial charge in [-0.3, -0.25) is 9.59 Å². The number of carbonyl (C=O) groups is 1. The molecule has 4 aromatic rings. The minimum absolute atomic E-state index is 0.197. The quantitative estimate of drug-likeness (QED) is 0.431. The molecule has 2 heterocycles. The van der Waals surface area contributed by atoms with Crippen molar-refractivity contribution in [2.24, 2.45) is 0 Å². The minimum atomic E-state index is -0.362. The van der Waals surface area contributed by atoms with Gasteiger partial charge in [-0.05, 0) is 42.5 Å². The van der Waals surface area contributed by atoms with E-state index in [1.165, 1.54) is 17.4 Å². The van der Waals surface area contributed by atoms with Crippen LogP contribution in [0.15, 0.2) is 70.8 Å². The summed E-state index contributed by atoms with van der Waals surface area (Å²) < 4.78 is 11.7. The zero-order chi connectivity index (χ0) is 23.2. The number of hydrogen-bond acceptors (Lipinski definition) is 7. The average molecular weight is 463 g/mol. The maximum Gasteiger partial charge on any atom is 0.267 e. The summed E-state index contributed by atoms with van der Waals surface area (Å²) in [5, 5.41) is 9.89. The smallest absolute Gasteiger partial charge is 0.267 e. The van der Waals surface area contributed by atoms with E-state index >= 15 is 0 Å². The predicted octanol–water partition coefficient (Wildman–Crippen LogP) is 3.37. The van der Waals surface area contributed by atoms with E-state index in [-0.39, 0.29) is 24.6 Å². The maximum absolute atomic E-state index is 12.5. The number of nitrogens with zero attached hydrogens (tertiary/aromatic N) is 3. The third-order valence-corrected chi connectivity index (χ3v) is 5.84. The van der Waals surface area contributed by atoms with Crippen LogP contribution < -0.4 is 20.3 Å². The van der Waals surface area contributed by atoms with Crippen molar-refractivity contribution in [3.05, 3.63) is 82.1 Å². The van der Waals surface area contributed by atoms with Gasteiger partial charge < -0.3 is 14.8 Å². The Morgan fingerprint density at radius 1 is 1.03 bits per heavy atom. The second-order valence-electron chi connectivity index (χ2n) is 7.06. The molecule has 0 saturated carbocycles. The molecule has 9 heteroatoms. The third kappa shape index (κ3) is 5.27. The van der Waals surface area contributed by atoms with E-state index < -0.39 is 0 Å². The molecule has 8 nitrogen and oxygen atoms in total. The highest BCUT2D eigenvalue weighted by Gasteiger charge is 2.12. The van der Waals surface area contributed by atoms with Crippen LogP contribution in [0.4, 0.5) is 0 Å². The molecule has 0 aliphatic rings. The van der Waals surface area contributed by atoms with Gasteiger partial charge in [-0.15, -0.1) is 11.3 Å². The van der Waals surface area contributed by atoms with E-state index in [1.54, 1.807) is 20.3 Å². The first-order chi connectivity index (χ1) is 16.1. The molecule has 0 spiro atoms. The van der Waals surface area contributed by atoms with Gasteiger partial charge in [0.1, 0.15) is 23.1 Å². The lowest BCUT2D eigenvalue weighted by atomic mass is 10.1. The standard InChI is InChI=1S/C24H22N4O4S/c1-31-18-9-7-16(8-10-18)24-26-17(15-33-24)13-25-22(29)14-28-23(30)12-11-20(27-28)19-5-3-4-6-21(19)32-2/h3-12,15H,13-14H2,1-2H3,(H,25,29). The van der Waals surface area contributed by atoms with Gasteiger partial charge in [0.2, 0.25) is 5.91 Å². The van der Waals surface area contributed by atoms with Crippen LogP contribution in [0.5, 0.6) is 11.5 Å². The van der Waals surface area contributed by atoms with E-state index in [1.807, 2.05) is 53.9 Å². The number of benzene rings is 2. The fourth-order valence-corrected chi connectivity index (χ4v) is 4.02. The van der Waals surface area contributed by atoms with Gasteiger partial charge in [-0.1, -0.05) is 12.1 Å². The normalized spacial score (nSPS) is 10.6. The highest BCUT2D eigenvalue weighted by molar-refractivity contribution is 7.13. The van der Waals surface area contributed by atoms with Crippen molar-refractivity contribution in [1.29, 1.82) is 0 Å². The summed E-state index contributed by atoms with van der Waals surface area (Å²) in [6.45, 7) is 0.0593. The molecule has 2 aromatic heterocycles. The molecule has 4 rings (SSSR count). The summed E-state index contributed by atoms with van der Waals surface area (Å²) >= 11 is 1.49. The first-order valence-corrected chi connectivity index (χ1v) is 11.0. The Kier molecular flexibility index (Phi) is 6.80. The molecule has 33 heavy (non-hydrogen) atoms. The Balaban J connectivity index is 1.41. The van der Waals surface area contributed by atoms with Gasteiger partial charge in [0.25, 0.3) is 5.56 Å². The Morgan fingerprint density at radius 2 is 1.82 bits per heavy atom. The summed E-state index contributed by atoms with van der Waals surface area (Å²) in [6.07, 6.45) is 0. The van der Waals surface area contributed by atoms with Crippen LogP contribution >= 0.6 is 11.3 Å². The molecule has 168 valence electrons. The molecule has 0 aliphatic heterocycles. The Labute approximate surface area is 194 Å². The molecule has 0 fully saturated rings. The summed E-state index contributed by atoms with van der Waals surface area (Å²) in [4.78, 5) is 29.3. The van der Waals surface area contributed by atoms with Crippen LogP contribution in [-0.2, 0) is 17.9 Å². The molecule has 1 N–H and O–H groups in total. The molecule has 2 aromatic carbocycles. The number of para-hydroxylation sites is 1. The number of amides is 1.